The summed E-state index contributed by atoms with van der Waals surface area (Å²) in [4.78, 5) is 23.4. The van der Waals surface area contributed by atoms with Gasteiger partial charge in [0.05, 0.1) is 21.7 Å². The van der Waals surface area contributed by atoms with Crippen LogP contribution in [0.3, 0.4) is 0 Å². The quantitative estimate of drug-likeness (QED) is 0.480. The molecule has 3 rings (SSSR count). The molecule has 32 heavy (non-hydrogen) atoms. The normalized spacial score (nSPS) is 11.1. The number of aromatic carboxylic acids is 1. The van der Waals surface area contributed by atoms with Gasteiger partial charge in [-0.3, -0.25) is 4.79 Å². The van der Waals surface area contributed by atoms with Crippen LogP contribution in [-0.2, 0) is 19.3 Å². The van der Waals surface area contributed by atoms with Gasteiger partial charge < -0.3 is 15.2 Å². The minimum atomic E-state index is -4.45. The summed E-state index contributed by atoms with van der Waals surface area (Å²) >= 11 is 6.11. The number of alkyl halides is 3. The zero-order valence-corrected chi connectivity index (χ0v) is 17.2. The maximum Gasteiger partial charge on any atom is 0.416 e. The fourth-order valence-electron chi connectivity index (χ4n) is 2.82. The van der Waals surface area contributed by atoms with Gasteiger partial charge in [-0.05, 0) is 53.6 Å². The molecule has 0 aliphatic carbocycles. The summed E-state index contributed by atoms with van der Waals surface area (Å²) < 4.78 is 44.1. The van der Waals surface area contributed by atoms with Crippen LogP contribution >= 0.6 is 11.6 Å². The van der Waals surface area contributed by atoms with E-state index in [-0.39, 0.29) is 35.1 Å². The van der Waals surface area contributed by atoms with Gasteiger partial charge in [-0.25, -0.2) is 4.79 Å². The van der Waals surface area contributed by atoms with E-state index in [1.165, 1.54) is 42.5 Å². The number of nitrogens with one attached hydrogen (secondary N) is 1. The van der Waals surface area contributed by atoms with Crippen molar-refractivity contribution in [3.05, 3.63) is 99.6 Å². The molecule has 2 N–H and O–H groups in total. The number of rotatable bonds is 7. The second-order valence-corrected chi connectivity index (χ2v) is 7.22. The van der Waals surface area contributed by atoms with E-state index >= 15 is 0 Å². The summed E-state index contributed by atoms with van der Waals surface area (Å²) in [5.41, 5.74) is 0.511. The van der Waals surface area contributed by atoms with Gasteiger partial charge in [-0.15, -0.1) is 0 Å². The molecular formula is C23H17ClF3NO4. The third-order valence-electron chi connectivity index (χ3n) is 4.50. The van der Waals surface area contributed by atoms with Gasteiger partial charge in [0.1, 0.15) is 12.4 Å². The number of benzene rings is 3. The van der Waals surface area contributed by atoms with Gasteiger partial charge in [-0.2, -0.15) is 13.2 Å². The maximum absolute atomic E-state index is 12.8. The van der Waals surface area contributed by atoms with E-state index in [0.29, 0.717) is 11.1 Å². The first kappa shape index (κ1) is 23.1. The number of hydrogen-bond donors (Lipinski definition) is 2. The minimum Gasteiger partial charge on any atom is -0.489 e. The Bertz CT molecular complexity index is 1130. The van der Waals surface area contributed by atoms with Crippen LogP contribution in [0.15, 0.2) is 66.7 Å². The fraction of sp³-hybridized carbons (Fsp3) is 0.130. The zero-order valence-electron chi connectivity index (χ0n) is 16.4. The highest BCUT2D eigenvalue weighted by atomic mass is 35.5. The summed E-state index contributed by atoms with van der Waals surface area (Å²) in [7, 11) is 0. The SMILES string of the molecule is O=C(O)c1ccc(CNC(=O)c2cc(OCc3cccc(C(F)(F)F)c3)ccc2Cl)cc1. The van der Waals surface area contributed by atoms with Crippen molar-refractivity contribution in [3.8, 4) is 5.75 Å². The minimum absolute atomic E-state index is 0.122. The number of carboxylic acid groups (broad SMARTS) is 1. The summed E-state index contributed by atoms with van der Waals surface area (Å²) in [5, 5.41) is 11.8. The molecule has 5 nitrogen and oxygen atoms in total. The van der Waals surface area contributed by atoms with E-state index in [1.807, 2.05) is 0 Å². The van der Waals surface area contributed by atoms with Gasteiger partial charge in [-0.1, -0.05) is 35.9 Å². The van der Waals surface area contributed by atoms with Crippen LogP contribution < -0.4 is 10.1 Å². The number of hydrogen-bond acceptors (Lipinski definition) is 3. The van der Waals surface area contributed by atoms with Gasteiger partial charge in [0.25, 0.3) is 5.91 Å². The lowest BCUT2D eigenvalue weighted by Gasteiger charge is -2.12. The summed E-state index contributed by atoms with van der Waals surface area (Å²) in [5.74, 6) is -1.26. The first-order valence-corrected chi connectivity index (χ1v) is 9.70. The molecule has 1 amide bonds. The van der Waals surface area contributed by atoms with Crippen LogP contribution in [-0.4, -0.2) is 17.0 Å². The van der Waals surface area contributed by atoms with Crippen LogP contribution in [0.5, 0.6) is 5.75 Å². The third kappa shape index (κ3) is 6.01. The van der Waals surface area contributed by atoms with E-state index in [4.69, 9.17) is 21.4 Å². The number of carboxylic acids is 1. The molecule has 0 saturated heterocycles. The molecule has 9 heteroatoms. The zero-order chi connectivity index (χ0) is 23.3. The molecule has 0 aliphatic rings. The molecule has 0 bridgehead atoms. The first-order valence-electron chi connectivity index (χ1n) is 9.32. The van der Waals surface area contributed by atoms with Crippen LogP contribution in [0.4, 0.5) is 13.2 Å². The van der Waals surface area contributed by atoms with Crippen LogP contribution in [0.1, 0.15) is 37.4 Å². The predicted octanol–water partition coefficient (Wildman–Crippen LogP) is 5.57. The Hall–Kier alpha value is -3.52. The van der Waals surface area contributed by atoms with Gasteiger partial charge in [0.2, 0.25) is 0 Å². The van der Waals surface area contributed by atoms with Crippen molar-refractivity contribution in [2.24, 2.45) is 0 Å². The Labute approximate surface area is 186 Å². The van der Waals surface area contributed by atoms with E-state index in [2.05, 4.69) is 5.32 Å². The van der Waals surface area contributed by atoms with Gasteiger partial charge >= 0.3 is 12.1 Å². The highest BCUT2D eigenvalue weighted by Gasteiger charge is 2.30. The molecule has 3 aromatic carbocycles. The number of amides is 1. The molecule has 0 heterocycles. The summed E-state index contributed by atoms with van der Waals surface area (Å²) in [6, 6.07) is 15.2. The molecule has 3 aromatic rings. The fourth-order valence-corrected chi connectivity index (χ4v) is 3.02. The van der Waals surface area contributed by atoms with E-state index in [9.17, 15) is 22.8 Å². The maximum atomic E-state index is 12.8. The van der Waals surface area contributed by atoms with Crippen molar-refractivity contribution < 1.29 is 32.6 Å². The second-order valence-electron chi connectivity index (χ2n) is 6.81. The first-order chi connectivity index (χ1) is 15.1. The Morgan fingerprint density at radius 1 is 0.969 bits per heavy atom. The van der Waals surface area contributed by atoms with Crippen molar-refractivity contribution in [1.82, 2.24) is 5.32 Å². The molecule has 0 spiro atoms. The standard InChI is InChI=1S/C23H17ClF3NO4/c24-20-9-8-18(32-13-15-2-1-3-17(10-15)23(25,26)27)11-19(20)21(29)28-12-14-4-6-16(7-5-14)22(30)31/h1-11H,12-13H2,(H,28,29)(H,30,31). The van der Waals surface area contributed by atoms with E-state index in [0.717, 1.165) is 12.1 Å². The highest BCUT2D eigenvalue weighted by Crippen LogP contribution is 2.30. The van der Waals surface area contributed by atoms with E-state index in [1.54, 1.807) is 12.1 Å². The number of carbonyl (C=O) groups is 2. The average Bonchev–Trinajstić information content (AvgIpc) is 2.76. The molecule has 0 fully saturated rings. The molecule has 0 saturated carbocycles. The molecule has 166 valence electrons. The average molecular weight is 464 g/mol. The number of ether oxygens (including phenoxy) is 1. The second kappa shape index (κ2) is 9.74. The lowest BCUT2D eigenvalue weighted by Crippen LogP contribution is -2.23. The smallest absolute Gasteiger partial charge is 0.416 e. The Morgan fingerprint density at radius 3 is 2.34 bits per heavy atom. The topological polar surface area (TPSA) is 75.6 Å². The van der Waals surface area contributed by atoms with E-state index < -0.39 is 23.6 Å². The molecule has 0 unspecified atom stereocenters. The largest absolute Gasteiger partial charge is 0.489 e. The molecule has 0 aromatic heterocycles. The van der Waals surface area contributed by atoms with Crippen LogP contribution in [0, 0.1) is 0 Å². The monoisotopic (exact) mass is 463 g/mol. The molecule has 0 aliphatic heterocycles. The highest BCUT2D eigenvalue weighted by molar-refractivity contribution is 6.33. The molecule has 0 radical (unpaired) electrons. The summed E-state index contributed by atoms with van der Waals surface area (Å²) in [6.45, 7) is 0.0208. The Balaban J connectivity index is 1.64. The van der Waals surface area contributed by atoms with Gasteiger partial charge in [0, 0.05) is 6.54 Å². The lowest BCUT2D eigenvalue weighted by atomic mass is 10.1. The van der Waals surface area contributed by atoms with Crippen LogP contribution in [0.2, 0.25) is 5.02 Å². The van der Waals surface area contributed by atoms with Crippen molar-refractivity contribution in [1.29, 1.82) is 0 Å². The van der Waals surface area contributed by atoms with Crippen molar-refractivity contribution >= 4 is 23.5 Å². The molecular weight excluding hydrogens is 447 g/mol. The van der Waals surface area contributed by atoms with Gasteiger partial charge in [0.15, 0.2) is 0 Å². The Kier molecular flexibility index (Phi) is 7.05. The molecule has 0 atom stereocenters. The van der Waals surface area contributed by atoms with Crippen LogP contribution in [0.25, 0.3) is 0 Å². The number of carbonyl (C=O) groups excluding carboxylic acids is 1. The Morgan fingerprint density at radius 2 is 1.69 bits per heavy atom. The van der Waals surface area contributed by atoms with Crippen molar-refractivity contribution in [3.63, 3.8) is 0 Å². The predicted molar refractivity (Wildman–Crippen MR) is 112 cm³/mol. The lowest BCUT2D eigenvalue weighted by molar-refractivity contribution is -0.137. The number of halogens is 4. The third-order valence-corrected chi connectivity index (χ3v) is 4.83. The van der Waals surface area contributed by atoms with Crippen molar-refractivity contribution in [2.75, 3.05) is 0 Å². The van der Waals surface area contributed by atoms with Crippen molar-refractivity contribution in [2.45, 2.75) is 19.3 Å². The summed E-state index contributed by atoms with van der Waals surface area (Å²) in [6.07, 6.45) is -4.45.